The molecule has 0 radical (unpaired) electrons. The number of anilines is 1. The first-order valence-corrected chi connectivity index (χ1v) is 4.83. The third-order valence-corrected chi connectivity index (χ3v) is 2.19. The number of nitrogens with zero attached hydrogens (tertiary/aromatic N) is 1. The predicted octanol–water partition coefficient (Wildman–Crippen LogP) is 1.44. The number of carbonyl (C=O) groups excluding carboxylic acids is 2. The molecule has 0 aromatic heterocycles. The Kier molecular flexibility index (Phi) is 2.64. The molecule has 80 valence electrons. The molecule has 2 rings (SSSR count). The highest BCUT2D eigenvalue weighted by Gasteiger charge is 2.17. The van der Waals surface area contributed by atoms with Crippen molar-refractivity contribution < 1.29 is 9.59 Å². The fourth-order valence-corrected chi connectivity index (χ4v) is 1.36. The first kappa shape index (κ1) is 10.3. The lowest BCUT2D eigenvalue weighted by Gasteiger charge is -2.04. The summed E-state index contributed by atoms with van der Waals surface area (Å²) in [4.78, 5) is 26.5. The zero-order valence-electron chi connectivity index (χ0n) is 8.51. The number of hydrogen-bond donors (Lipinski definition) is 1. The first-order valence-electron chi connectivity index (χ1n) is 4.83. The van der Waals surface area contributed by atoms with E-state index in [2.05, 4.69) is 4.99 Å². The number of benzene rings is 1. The van der Waals surface area contributed by atoms with Crippen LogP contribution in [0, 0.1) is 0 Å². The fourth-order valence-electron chi connectivity index (χ4n) is 1.36. The summed E-state index contributed by atoms with van der Waals surface area (Å²) in [7, 11) is 0. The highest BCUT2D eigenvalue weighted by molar-refractivity contribution is 6.49. The quantitative estimate of drug-likeness (QED) is 0.568. The van der Waals surface area contributed by atoms with Crippen molar-refractivity contribution in [3.8, 4) is 0 Å². The van der Waals surface area contributed by atoms with Crippen LogP contribution in [0.4, 0.5) is 11.4 Å². The maximum Gasteiger partial charge on any atom is 0.188 e. The maximum absolute atomic E-state index is 11.4. The highest BCUT2D eigenvalue weighted by Crippen LogP contribution is 2.15. The lowest BCUT2D eigenvalue weighted by Crippen LogP contribution is -2.19. The molecule has 0 spiro atoms. The first-order chi connectivity index (χ1) is 7.65. The van der Waals surface area contributed by atoms with Gasteiger partial charge in [0.25, 0.3) is 0 Å². The van der Waals surface area contributed by atoms with E-state index in [0.29, 0.717) is 17.1 Å². The summed E-state index contributed by atoms with van der Waals surface area (Å²) >= 11 is 0. The van der Waals surface area contributed by atoms with Crippen LogP contribution in [-0.4, -0.2) is 17.3 Å². The second-order valence-corrected chi connectivity index (χ2v) is 3.49. The van der Waals surface area contributed by atoms with Crippen molar-refractivity contribution >= 4 is 28.7 Å². The second kappa shape index (κ2) is 4.10. The molecule has 1 aliphatic rings. The van der Waals surface area contributed by atoms with Crippen LogP contribution < -0.4 is 5.73 Å². The molecule has 1 aromatic carbocycles. The number of carbonyl (C=O) groups is 2. The monoisotopic (exact) mass is 214 g/mol. The van der Waals surface area contributed by atoms with Gasteiger partial charge in [-0.25, -0.2) is 4.99 Å². The molecule has 16 heavy (non-hydrogen) atoms. The van der Waals surface area contributed by atoms with Crippen molar-refractivity contribution in [1.82, 2.24) is 0 Å². The number of rotatable bonds is 1. The van der Waals surface area contributed by atoms with Crippen LogP contribution in [-0.2, 0) is 9.59 Å². The molecule has 1 aromatic rings. The lowest BCUT2D eigenvalue weighted by molar-refractivity contribution is -0.121. The van der Waals surface area contributed by atoms with E-state index in [-0.39, 0.29) is 18.0 Å². The Bertz CT molecular complexity index is 498. The molecule has 0 unspecified atom stereocenters. The van der Waals surface area contributed by atoms with Crippen LogP contribution in [0.5, 0.6) is 0 Å². The van der Waals surface area contributed by atoms with Crippen molar-refractivity contribution in [3.05, 3.63) is 36.4 Å². The normalized spacial score (nSPS) is 18.1. The molecule has 0 atom stereocenters. The number of Topliss-reactive ketones (excluding diaryl/α,β-unsaturated/α-hetero) is 1. The Labute approximate surface area is 92.5 Å². The molecular formula is C12H10N2O2. The van der Waals surface area contributed by atoms with Gasteiger partial charge in [0.15, 0.2) is 11.6 Å². The maximum atomic E-state index is 11.4. The van der Waals surface area contributed by atoms with E-state index >= 15 is 0 Å². The molecule has 0 heterocycles. The molecule has 2 N–H and O–H groups in total. The molecule has 4 nitrogen and oxygen atoms in total. The molecule has 0 fully saturated rings. The summed E-state index contributed by atoms with van der Waals surface area (Å²) in [6.45, 7) is 0. The third-order valence-electron chi connectivity index (χ3n) is 2.19. The molecule has 0 saturated carbocycles. The third kappa shape index (κ3) is 2.23. The summed E-state index contributed by atoms with van der Waals surface area (Å²) in [6.07, 6.45) is 2.73. The zero-order valence-corrected chi connectivity index (χ0v) is 8.51. The number of hydrogen-bond acceptors (Lipinski definition) is 4. The van der Waals surface area contributed by atoms with Crippen molar-refractivity contribution in [2.24, 2.45) is 4.99 Å². The summed E-state index contributed by atoms with van der Waals surface area (Å²) in [6, 6.07) is 6.86. The van der Waals surface area contributed by atoms with E-state index in [1.165, 1.54) is 12.2 Å². The lowest BCUT2D eigenvalue weighted by atomic mass is 10.0. The van der Waals surface area contributed by atoms with Gasteiger partial charge < -0.3 is 5.73 Å². The van der Waals surface area contributed by atoms with Crippen molar-refractivity contribution in [2.75, 3.05) is 5.73 Å². The van der Waals surface area contributed by atoms with Crippen LogP contribution in [0.3, 0.4) is 0 Å². The number of nitrogen functional groups attached to an aromatic ring is 1. The SMILES string of the molecule is Nc1ccc(N=C2C=CC(=O)CC2=O)cc1. The second-order valence-electron chi connectivity index (χ2n) is 3.49. The van der Waals surface area contributed by atoms with Crippen LogP contribution in [0.1, 0.15) is 6.42 Å². The zero-order chi connectivity index (χ0) is 11.5. The van der Waals surface area contributed by atoms with Crippen molar-refractivity contribution in [1.29, 1.82) is 0 Å². The number of aliphatic imine (C=N–C) groups is 1. The Morgan fingerprint density at radius 1 is 1.06 bits per heavy atom. The summed E-state index contributed by atoms with van der Waals surface area (Å²) in [5, 5.41) is 0. The highest BCUT2D eigenvalue weighted by atomic mass is 16.1. The summed E-state index contributed by atoms with van der Waals surface area (Å²) in [5.41, 5.74) is 7.13. The number of allylic oxidation sites excluding steroid dienone is 2. The van der Waals surface area contributed by atoms with Gasteiger partial charge >= 0.3 is 0 Å². The fraction of sp³-hybridized carbons (Fsp3) is 0.0833. The van der Waals surface area contributed by atoms with Gasteiger partial charge in [-0.3, -0.25) is 9.59 Å². The van der Waals surface area contributed by atoms with Crippen LogP contribution >= 0.6 is 0 Å². The Morgan fingerprint density at radius 3 is 2.38 bits per heavy atom. The van der Waals surface area contributed by atoms with Gasteiger partial charge in [-0.15, -0.1) is 0 Å². The summed E-state index contributed by atoms with van der Waals surface area (Å²) < 4.78 is 0. The van der Waals surface area contributed by atoms with E-state index in [0.717, 1.165) is 0 Å². The average Bonchev–Trinajstić information content (AvgIpc) is 2.25. The van der Waals surface area contributed by atoms with Crippen LogP contribution in [0.25, 0.3) is 0 Å². The number of nitrogens with two attached hydrogens (primary N) is 1. The van der Waals surface area contributed by atoms with E-state index in [1.54, 1.807) is 24.3 Å². The van der Waals surface area contributed by atoms with E-state index in [4.69, 9.17) is 5.73 Å². The largest absolute Gasteiger partial charge is 0.399 e. The molecule has 1 aliphatic carbocycles. The minimum atomic E-state index is -0.246. The number of ketones is 2. The molecule has 0 amide bonds. The van der Waals surface area contributed by atoms with Gasteiger partial charge in [-0.2, -0.15) is 0 Å². The Hall–Kier alpha value is -2.23. The molecule has 4 heteroatoms. The van der Waals surface area contributed by atoms with Gasteiger partial charge in [-0.1, -0.05) is 0 Å². The molecule has 0 saturated heterocycles. The molecule has 0 bridgehead atoms. The molecule has 0 aliphatic heterocycles. The average molecular weight is 214 g/mol. The standard InChI is InChI=1S/C12H10N2O2/c13-8-1-3-9(4-2-8)14-11-6-5-10(15)7-12(11)16/h1-6H,7,13H2. The van der Waals surface area contributed by atoms with E-state index < -0.39 is 0 Å². The topological polar surface area (TPSA) is 72.5 Å². The summed E-state index contributed by atoms with van der Waals surface area (Å²) in [5.74, 6) is -0.425. The van der Waals surface area contributed by atoms with Gasteiger partial charge in [-0.05, 0) is 36.4 Å². The minimum absolute atomic E-state index is 0.0930. The van der Waals surface area contributed by atoms with Gasteiger partial charge in [0.05, 0.1) is 12.1 Å². The Morgan fingerprint density at radius 2 is 1.75 bits per heavy atom. The minimum Gasteiger partial charge on any atom is -0.399 e. The van der Waals surface area contributed by atoms with Crippen molar-refractivity contribution in [3.63, 3.8) is 0 Å². The molecular weight excluding hydrogens is 204 g/mol. The Balaban J connectivity index is 2.31. The van der Waals surface area contributed by atoms with E-state index in [1.807, 2.05) is 0 Å². The van der Waals surface area contributed by atoms with Gasteiger partial charge in [0.2, 0.25) is 0 Å². The van der Waals surface area contributed by atoms with E-state index in [9.17, 15) is 9.59 Å². The van der Waals surface area contributed by atoms with Gasteiger partial charge in [0, 0.05) is 5.69 Å². The van der Waals surface area contributed by atoms with Gasteiger partial charge in [0.1, 0.15) is 5.71 Å². The smallest absolute Gasteiger partial charge is 0.188 e. The predicted molar refractivity (Wildman–Crippen MR) is 61.7 cm³/mol. The van der Waals surface area contributed by atoms with Crippen molar-refractivity contribution in [2.45, 2.75) is 6.42 Å². The van der Waals surface area contributed by atoms with Crippen LogP contribution in [0.2, 0.25) is 0 Å². The van der Waals surface area contributed by atoms with Crippen LogP contribution in [0.15, 0.2) is 41.4 Å².